The highest BCUT2D eigenvalue weighted by Gasteiger charge is 2.06. The van der Waals surface area contributed by atoms with Gasteiger partial charge in [0.15, 0.2) is 5.13 Å². The van der Waals surface area contributed by atoms with E-state index in [9.17, 15) is 0 Å². The van der Waals surface area contributed by atoms with Crippen molar-refractivity contribution in [2.45, 2.75) is 33.2 Å². The fraction of sp³-hybridized carbons (Fsp3) is 0.438. The molecule has 108 valence electrons. The van der Waals surface area contributed by atoms with E-state index in [-0.39, 0.29) is 0 Å². The van der Waals surface area contributed by atoms with E-state index < -0.39 is 0 Å². The van der Waals surface area contributed by atoms with E-state index in [2.05, 4.69) is 60.4 Å². The van der Waals surface area contributed by atoms with Crippen LogP contribution in [0, 0.1) is 0 Å². The number of thiazole rings is 1. The van der Waals surface area contributed by atoms with Crippen LogP contribution in [0.15, 0.2) is 30.5 Å². The molecule has 0 saturated heterocycles. The van der Waals surface area contributed by atoms with Crippen molar-refractivity contribution in [2.24, 2.45) is 0 Å². The van der Waals surface area contributed by atoms with Gasteiger partial charge in [0.1, 0.15) is 0 Å². The minimum Gasteiger partial charge on any atom is -0.369 e. The van der Waals surface area contributed by atoms with Gasteiger partial charge in [0.05, 0.1) is 6.54 Å². The van der Waals surface area contributed by atoms with Gasteiger partial charge >= 0.3 is 0 Å². The van der Waals surface area contributed by atoms with Gasteiger partial charge in [-0.1, -0.05) is 26.0 Å². The van der Waals surface area contributed by atoms with Gasteiger partial charge in [-0.25, -0.2) is 4.98 Å². The third-order valence-corrected chi connectivity index (χ3v) is 4.20. The minimum atomic E-state index is 0.900. The van der Waals surface area contributed by atoms with Crippen LogP contribution in [0.1, 0.15) is 30.7 Å². The first-order valence-corrected chi connectivity index (χ1v) is 8.03. The molecule has 1 heterocycles. The van der Waals surface area contributed by atoms with Gasteiger partial charge in [0, 0.05) is 30.4 Å². The second-order valence-corrected chi connectivity index (χ2v) is 6.05. The molecule has 0 aliphatic rings. The Morgan fingerprint density at radius 3 is 2.60 bits per heavy atom. The summed E-state index contributed by atoms with van der Waals surface area (Å²) in [7, 11) is 2.12. The molecule has 0 spiro atoms. The van der Waals surface area contributed by atoms with Gasteiger partial charge in [-0.05, 0) is 30.5 Å². The van der Waals surface area contributed by atoms with Crippen molar-refractivity contribution in [1.82, 2.24) is 4.98 Å². The maximum absolute atomic E-state index is 4.41. The van der Waals surface area contributed by atoms with Crippen molar-refractivity contribution < 1.29 is 0 Å². The van der Waals surface area contributed by atoms with E-state index in [1.54, 1.807) is 11.3 Å². The van der Waals surface area contributed by atoms with Crippen LogP contribution in [0.4, 0.5) is 10.8 Å². The normalized spacial score (nSPS) is 10.6. The summed E-state index contributed by atoms with van der Waals surface area (Å²) in [6, 6.07) is 8.78. The number of aryl methyl sites for hydroxylation is 1. The molecule has 0 aliphatic heterocycles. The van der Waals surface area contributed by atoms with Gasteiger partial charge in [-0.15, -0.1) is 11.3 Å². The molecule has 0 fully saturated rings. The molecular formula is C16H23N3S. The summed E-state index contributed by atoms with van der Waals surface area (Å²) in [5.74, 6) is 0. The molecule has 0 amide bonds. The molecular weight excluding hydrogens is 266 g/mol. The summed E-state index contributed by atoms with van der Waals surface area (Å²) in [6.07, 6.45) is 4.18. The highest BCUT2D eigenvalue weighted by molar-refractivity contribution is 7.15. The molecule has 0 radical (unpaired) electrons. The lowest BCUT2D eigenvalue weighted by Crippen LogP contribution is -2.15. The largest absolute Gasteiger partial charge is 0.369 e. The van der Waals surface area contributed by atoms with Gasteiger partial charge in [-0.2, -0.15) is 0 Å². The lowest BCUT2D eigenvalue weighted by atomic mass is 10.1. The number of anilines is 2. The van der Waals surface area contributed by atoms with Crippen molar-refractivity contribution in [1.29, 1.82) is 0 Å². The maximum Gasteiger partial charge on any atom is 0.182 e. The van der Waals surface area contributed by atoms with E-state index >= 15 is 0 Å². The van der Waals surface area contributed by atoms with Crippen molar-refractivity contribution in [3.63, 3.8) is 0 Å². The van der Waals surface area contributed by atoms with E-state index in [4.69, 9.17) is 0 Å². The zero-order valence-corrected chi connectivity index (χ0v) is 13.3. The SMILES string of the molecule is CCCNc1ncc(CN(C)c2ccc(CC)cc2)s1. The van der Waals surface area contributed by atoms with Crippen LogP contribution in [-0.2, 0) is 13.0 Å². The molecule has 4 heteroatoms. The molecule has 3 nitrogen and oxygen atoms in total. The lowest BCUT2D eigenvalue weighted by Gasteiger charge is -2.18. The number of nitrogens with zero attached hydrogens (tertiary/aromatic N) is 2. The Kier molecular flexibility index (Phi) is 5.41. The topological polar surface area (TPSA) is 28.2 Å². The monoisotopic (exact) mass is 289 g/mol. The smallest absolute Gasteiger partial charge is 0.182 e. The standard InChI is InChI=1S/C16H23N3S/c1-4-10-17-16-18-11-15(20-16)12-19(3)14-8-6-13(5-2)7-9-14/h6-9,11H,4-5,10,12H2,1-3H3,(H,17,18). The van der Waals surface area contributed by atoms with Gasteiger partial charge in [0.25, 0.3) is 0 Å². The molecule has 2 rings (SSSR count). The molecule has 1 N–H and O–H groups in total. The predicted octanol–water partition coefficient (Wildman–Crippen LogP) is 4.16. The fourth-order valence-electron chi connectivity index (χ4n) is 2.01. The van der Waals surface area contributed by atoms with Crippen molar-refractivity contribution >= 4 is 22.2 Å². The zero-order valence-electron chi connectivity index (χ0n) is 12.5. The molecule has 20 heavy (non-hydrogen) atoms. The van der Waals surface area contributed by atoms with Gasteiger partial charge < -0.3 is 10.2 Å². The molecule has 0 unspecified atom stereocenters. The van der Waals surface area contributed by atoms with Crippen molar-refractivity contribution in [3.05, 3.63) is 40.9 Å². The van der Waals surface area contributed by atoms with Gasteiger partial charge in [-0.3, -0.25) is 0 Å². The van der Waals surface area contributed by atoms with Crippen LogP contribution in [0.3, 0.4) is 0 Å². The van der Waals surface area contributed by atoms with Gasteiger partial charge in [0.2, 0.25) is 0 Å². The number of rotatable bonds is 7. The van der Waals surface area contributed by atoms with Crippen molar-refractivity contribution in [3.8, 4) is 0 Å². The Morgan fingerprint density at radius 2 is 1.95 bits per heavy atom. The van der Waals surface area contributed by atoms with Crippen LogP contribution in [0.5, 0.6) is 0 Å². The minimum absolute atomic E-state index is 0.900. The number of nitrogens with one attached hydrogen (secondary N) is 1. The third kappa shape index (κ3) is 3.97. The molecule has 0 saturated carbocycles. The summed E-state index contributed by atoms with van der Waals surface area (Å²) in [6.45, 7) is 6.23. The molecule has 1 aromatic heterocycles. The lowest BCUT2D eigenvalue weighted by molar-refractivity contribution is 0.935. The quantitative estimate of drug-likeness (QED) is 0.829. The van der Waals surface area contributed by atoms with Crippen LogP contribution >= 0.6 is 11.3 Å². The molecule has 0 aliphatic carbocycles. The van der Waals surface area contributed by atoms with E-state index in [1.165, 1.54) is 16.1 Å². The van der Waals surface area contributed by atoms with Crippen LogP contribution in [0.2, 0.25) is 0 Å². The summed E-state index contributed by atoms with van der Waals surface area (Å²) < 4.78 is 0. The fourth-order valence-corrected chi connectivity index (χ4v) is 2.90. The number of benzene rings is 1. The summed E-state index contributed by atoms with van der Waals surface area (Å²) in [5.41, 5.74) is 2.63. The maximum atomic E-state index is 4.41. The number of aromatic nitrogens is 1. The highest BCUT2D eigenvalue weighted by atomic mass is 32.1. The summed E-state index contributed by atoms with van der Waals surface area (Å²) in [5, 5.41) is 4.36. The highest BCUT2D eigenvalue weighted by Crippen LogP contribution is 2.22. The van der Waals surface area contributed by atoms with Crippen LogP contribution in [-0.4, -0.2) is 18.6 Å². The second kappa shape index (κ2) is 7.29. The first-order valence-electron chi connectivity index (χ1n) is 7.21. The Hall–Kier alpha value is -1.55. The Bertz CT molecular complexity index is 519. The molecule has 1 aromatic carbocycles. The summed E-state index contributed by atoms with van der Waals surface area (Å²) in [4.78, 5) is 7.95. The molecule has 0 atom stereocenters. The Morgan fingerprint density at radius 1 is 1.20 bits per heavy atom. The average molecular weight is 289 g/mol. The third-order valence-electron chi connectivity index (χ3n) is 3.26. The van der Waals surface area contributed by atoms with E-state index in [0.29, 0.717) is 0 Å². The van der Waals surface area contributed by atoms with E-state index in [1.807, 2.05) is 6.20 Å². The van der Waals surface area contributed by atoms with E-state index in [0.717, 1.165) is 31.1 Å². The number of hydrogen-bond donors (Lipinski definition) is 1. The second-order valence-electron chi connectivity index (χ2n) is 4.93. The molecule has 0 bridgehead atoms. The predicted molar refractivity (Wildman–Crippen MR) is 88.8 cm³/mol. The van der Waals surface area contributed by atoms with Crippen LogP contribution in [0.25, 0.3) is 0 Å². The zero-order chi connectivity index (χ0) is 14.4. The van der Waals surface area contributed by atoms with Crippen molar-refractivity contribution in [2.75, 3.05) is 23.8 Å². The first kappa shape index (κ1) is 14.9. The number of hydrogen-bond acceptors (Lipinski definition) is 4. The first-order chi connectivity index (χ1) is 9.72. The Labute approximate surface area is 125 Å². The Balaban J connectivity index is 1.95. The summed E-state index contributed by atoms with van der Waals surface area (Å²) >= 11 is 1.74. The van der Waals surface area contributed by atoms with Crippen LogP contribution < -0.4 is 10.2 Å². The molecule has 2 aromatic rings. The average Bonchev–Trinajstić information content (AvgIpc) is 2.92.